The number of nitrogens with one attached hydrogen (secondary N) is 1. The molecule has 0 aliphatic heterocycles. The summed E-state index contributed by atoms with van der Waals surface area (Å²) < 4.78 is 6.25. The normalized spacial score (nSPS) is 10.9. The largest absolute Gasteiger partial charge is 0.483 e. The number of ether oxygens (including phenoxy) is 1. The van der Waals surface area contributed by atoms with Gasteiger partial charge in [0.15, 0.2) is 6.61 Å². The van der Waals surface area contributed by atoms with E-state index in [0.717, 1.165) is 22.4 Å². The minimum absolute atomic E-state index is 0.0399. The summed E-state index contributed by atoms with van der Waals surface area (Å²) in [5.74, 6) is 0.208. The van der Waals surface area contributed by atoms with Gasteiger partial charge in [-0.05, 0) is 82.9 Å². The molecule has 0 aliphatic carbocycles. The molecule has 3 rings (SSSR count). The Morgan fingerprint density at radius 1 is 1.15 bits per heavy atom. The van der Waals surface area contributed by atoms with E-state index in [9.17, 15) is 20.2 Å². The van der Waals surface area contributed by atoms with Gasteiger partial charge in [0.05, 0.1) is 21.0 Å². The van der Waals surface area contributed by atoms with Crippen LogP contribution in [0.3, 0.4) is 0 Å². The highest BCUT2D eigenvalue weighted by Crippen LogP contribution is 2.28. The number of nitro groups is 1. The van der Waals surface area contributed by atoms with Crippen molar-refractivity contribution in [3.8, 4) is 11.8 Å². The van der Waals surface area contributed by atoms with E-state index in [1.54, 1.807) is 24.3 Å². The molecule has 7 nitrogen and oxygen atoms in total. The molecular formula is C25H20BrN3O4. The van der Waals surface area contributed by atoms with Gasteiger partial charge in [0.1, 0.15) is 5.75 Å². The number of nitro benzene ring substituents is 1. The number of halogens is 1. The van der Waals surface area contributed by atoms with Crippen molar-refractivity contribution in [3.05, 3.63) is 97.5 Å². The summed E-state index contributed by atoms with van der Waals surface area (Å²) in [5.41, 5.74) is 4.45. The van der Waals surface area contributed by atoms with Gasteiger partial charge in [-0.2, -0.15) is 5.26 Å². The Bertz CT molecular complexity index is 1280. The third-order valence-corrected chi connectivity index (χ3v) is 5.41. The number of benzene rings is 3. The molecule has 0 heterocycles. The van der Waals surface area contributed by atoms with E-state index in [1.807, 2.05) is 32.0 Å². The zero-order chi connectivity index (χ0) is 24.0. The molecule has 166 valence electrons. The number of amides is 1. The van der Waals surface area contributed by atoms with E-state index in [0.29, 0.717) is 21.4 Å². The first-order valence-corrected chi connectivity index (χ1v) is 10.7. The summed E-state index contributed by atoms with van der Waals surface area (Å²) in [6.07, 6.45) is 1.67. The Balaban J connectivity index is 1.68. The monoisotopic (exact) mass is 505 g/mol. The molecule has 3 aromatic rings. The van der Waals surface area contributed by atoms with Crippen molar-refractivity contribution in [2.75, 3.05) is 11.9 Å². The van der Waals surface area contributed by atoms with Crippen molar-refractivity contribution in [2.24, 2.45) is 0 Å². The molecule has 0 atom stereocenters. The summed E-state index contributed by atoms with van der Waals surface area (Å²) >= 11 is 3.43. The second-order valence-corrected chi connectivity index (χ2v) is 8.17. The Labute approximate surface area is 199 Å². The zero-order valence-electron chi connectivity index (χ0n) is 18.0. The van der Waals surface area contributed by atoms with Gasteiger partial charge in [0.2, 0.25) is 0 Å². The maximum atomic E-state index is 12.3. The number of nitriles is 1. The molecule has 0 spiro atoms. The minimum atomic E-state index is -0.489. The summed E-state index contributed by atoms with van der Waals surface area (Å²) in [6, 6.07) is 18.9. The lowest BCUT2D eigenvalue weighted by atomic mass is 10.0. The quantitative estimate of drug-likeness (QED) is 0.182. The van der Waals surface area contributed by atoms with Crippen molar-refractivity contribution >= 4 is 44.9 Å². The third kappa shape index (κ3) is 6.28. The van der Waals surface area contributed by atoms with Crippen LogP contribution >= 0.6 is 15.9 Å². The number of hydrogen-bond donors (Lipinski definition) is 1. The molecule has 0 fully saturated rings. The summed E-state index contributed by atoms with van der Waals surface area (Å²) in [7, 11) is 0. The van der Waals surface area contributed by atoms with Crippen LogP contribution in [0.4, 0.5) is 11.4 Å². The fourth-order valence-corrected chi connectivity index (χ4v) is 3.63. The maximum absolute atomic E-state index is 12.3. The molecule has 3 aromatic carbocycles. The van der Waals surface area contributed by atoms with Gasteiger partial charge in [-0.15, -0.1) is 0 Å². The van der Waals surface area contributed by atoms with E-state index in [-0.39, 0.29) is 18.2 Å². The number of aryl methyl sites for hydroxylation is 2. The third-order valence-electron chi connectivity index (χ3n) is 4.79. The average molecular weight is 506 g/mol. The van der Waals surface area contributed by atoms with E-state index >= 15 is 0 Å². The van der Waals surface area contributed by atoms with E-state index in [2.05, 4.69) is 27.3 Å². The molecule has 1 N–H and O–H groups in total. The van der Waals surface area contributed by atoms with Crippen LogP contribution in [0.5, 0.6) is 5.75 Å². The van der Waals surface area contributed by atoms with Crippen LogP contribution in [0, 0.1) is 35.3 Å². The van der Waals surface area contributed by atoms with Gasteiger partial charge in [0, 0.05) is 17.8 Å². The van der Waals surface area contributed by atoms with Crippen LogP contribution in [0.2, 0.25) is 0 Å². The number of anilines is 1. The summed E-state index contributed by atoms with van der Waals surface area (Å²) in [6.45, 7) is 3.76. The molecule has 0 aromatic heterocycles. The molecule has 0 radical (unpaired) electrons. The van der Waals surface area contributed by atoms with Gasteiger partial charge >= 0.3 is 0 Å². The standard InChI is InChI=1S/C25H20BrN3O4/c1-16-3-9-23(17(2)11-16)28-25(30)15-33-24-10-4-18(13-22(24)26)12-20(14-27)19-5-7-21(8-6-19)29(31)32/h3-13H,15H2,1-2H3,(H,28,30)/b20-12+. The molecule has 0 saturated heterocycles. The zero-order valence-corrected chi connectivity index (χ0v) is 19.5. The van der Waals surface area contributed by atoms with Gasteiger partial charge < -0.3 is 10.1 Å². The number of carbonyl (C=O) groups is 1. The van der Waals surface area contributed by atoms with Crippen LogP contribution < -0.4 is 10.1 Å². The van der Waals surface area contributed by atoms with E-state index in [1.165, 1.54) is 24.3 Å². The number of non-ortho nitro benzene ring substituents is 1. The fraction of sp³-hybridized carbons (Fsp3) is 0.120. The van der Waals surface area contributed by atoms with Crippen molar-refractivity contribution < 1.29 is 14.5 Å². The number of carbonyl (C=O) groups excluding carboxylic acids is 1. The lowest BCUT2D eigenvalue weighted by Gasteiger charge is -2.11. The lowest BCUT2D eigenvalue weighted by molar-refractivity contribution is -0.384. The second kappa shape index (κ2) is 10.6. The second-order valence-electron chi connectivity index (χ2n) is 7.32. The lowest BCUT2D eigenvalue weighted by Crippen LogP contribution is -2.20. The summed E-state index contributed by atoms with van der Waals surface area (Å²) in [5, 5.41) is 23.2. The Kier molecular flexibility index (Phi) is 7.59. The molecule has 0 saturated carbocycles. The topological polar surface area (TPSA) is 105 Å². The smallest absolute Gasteiger partial charge is 0.269 e. The Hall–Kier alpha value is -3.96. The van der Waals surface area contributed by atoms with Crippen LogP contribution in [-0.2, 0) is 4.79 Å². The van der Waals surface area contributed by atoms with E-state index < -0.39 is 4.92 Å². The van der Waals surface area contributed by atoms with Crippen LogP contribution in [0.1, 0.15) is 22.3 Å². The molecule has 33 heavy (non-hydrogen) atoms. The van der Waals surface area contributed by atoms with Crippen molar-refractivity contribution in [3.63, 3.8) is 0 Å². The van der Waals surface area contributed by atoms with Crippen molar-refractivity contribution in [2.45, 2.75) is 13.8 Å². The van der Waals surface area contributed by atoms with Crippen molar-refractivity contribution in [1.82, 2.24) is 0 Å². The van der Waals surface area contributed by atoms with Crippen LogP contribution in [0.25, 0.3) is 11.6 Å². The van der Waals surface area contributed by atoms with Gasteiger partial charge in [0.25, 0.3) is 11.6 Å². The SMILES string of the molecule is Cc1ccc(NC(=O)COc2ccc(/C=C(\C#N)c3ccc([N+](=O)[O-])cc3)cc2Br)c(C)c1. The fourth-order valence-electron chi connectivity index (χ4n) is 3.12. The highest BCUT2D eigenvalue weighted by molar-refractivity contribution is 9.10. The first-order valence-electron chi connectivity index (χ1n) is 9.93. The molecular weight excluding hydrogens is 486 g/mol. The minimum Gasteiger partial charge on any atom is -0.483 e. The van der Waals surface area contributed by atoms with Gasteiger partial charge in [-0.3, -0.25) is 14.9 Å². The number of hydrogen-bond acceptors (Lipinski definition) is 5. The maximum Gasteiger partial charge on any atom is 0.269 e. The predicted molar refractivity (Wildman–Crippen MR) is 131 cm³/mol. The first kappa shape index (κ1) is 23.7. The highest BCUT2D eigenvalue weighted by atomic mass is 79.9. The van der Waals surface area contributed by atoms with Crippen molar-refractivity contribution in [1.29, 1.82) is 5.26 Å². The Morgan fingerprint density at radius 2 is 1.88 bits per heavy atom. The Morgan fingerprint density at radius 3 is 2.48 bits per heavy atom. The predicted octanol–water partition coefficient (Wildman–Crippen LogP) is 6.06. The number of rotatable bonds is 7. The van der Waals surface area contributed by atoms with Gasteiger partial charge in [-0.25, -0.2) is 0 Å². The van der Waals surface area contributed by atoms with E-state index in [4.69, 9.17) is 4.74 Å². The van der Waals surface area contributed by atoms with Crippen LogP contribution in [-0.4, -0.2) is 17.4 Å². The van der Waals surface area contributed by atoms with Gasteiger partial charge in [-0.1, -0.05) is 23.8 Å². The average Bonchev–Trinajstić information content (AvgIpc) is 2.79. The highest BCUT2D eigenvalue weighted by Gasteiger charge is 2.10. The molecule has 8 heteroatoms. The first-order chi connectivity index (χ1) is 15.8. The molecule has 0 unspecified atom stereocenters. The van der Waals surface area contributed by atoms with Crippen LogP contribution in [0.15, 0.2) is 65.1 Å². The summed E-state index contributed by atoms with van der Waals surface area (Å²) in [4.78, 5) is 22.6. The molecule has 0 aliphatic rings. The number of allylic oxidation sites excluding steroid dienone is 1. The molecule has 0 bridgehead atoms. The number of nitrogens with zero attached hydrogens (tertiary/aromatic N) is 2. The molecule has 1 amide bonds.